The normalized spacial score (nSPS) is 25.3. The Hall–Kier alpha value is -1.45. The van der Waals surface area contributed by atoms with Crippen molar-refractivity contribution in [3.05, 3.63) is 24.1 Å². The maximum atomic E-state index is 10.6. The molecule has 164 valence electrons. The van der Waals surface area contributed by atoms with Crippen molar-refractivity contribution in [3.63, 3.8) is 0 Å². The fourth-order valence-corrected chi connectivity index (χ4v) is 3.93. The van der Waals surface area contributed by atoms with Crippen LogP contribution in [-0.2, 0) is 14.0 Å². The van der Waals surface area contributed by atoms with E-state index in [1.807, 2.05) is 71.6 Å². The standard InChI is InChI=1S/C22H33BN2O5/c1-20(2,3)28-19(26)25-12-8-9-16(25)18-24-15-13-14(10-11-17(15)27-18)23-29-21(4,5)22(6,7)30-23/h10-11,13,16,19,26H,8-9,12H2,1-7H3/t16-,19?/m0/s1. The third-order valence-corrected chi connectivity index (χ3v) is 6.28. The molecule has 0 amide bonds. The van der Waals surface area contributed by atoms with Gasteiger partial charge in [0.05, 0.1) is 22.8 Å². The molecule has 7 nitrogen and oxygen atoms in total. The summed E-state index contributed by atoms with van der Waals surface area (Å²) in [5.74, 6) is 0.602. The van der Waals surface area contributed by atoms with Gasteiger partial charge in [-0.2, -0.15) is 0 Å². The van der Waals surface area contributed by atoms with E-state index in [0.29, 0.717) is 11.5 Å². The van der Waals surface area contributed by atoms with Crippen LogP contribution in [0.2, 0.25) is 0 Å². The fourth-order valence-electron chi connectivity index (χ4n) is 3.93. The van der Waals surface area contributed by atoms with Gasteiger partial charge in [0, 0.05) is 6.54 Å². The number of aliphatic hydroxyl groups is 1. The van der Waals surface area contributed by atoms with E-state index in [9.17, 15) is 5.11 Å². The number of rotatable bonds is 4. The zero-order valence-electron chi connectivity index (χ0n) is 19.1. The van der Waals surface area contributed by atoms with Gasteiger partial charge in [0.1, 0.15) is 5.52 Å². The number of oxazole rings is 1. The number of ether oxygens (including phenoxy) is 1. The van der Waals surface area contributed by atoms with Crippen LogP contribution >= 0.6 is 0 Å². The second kappa shape index (κ2) is 7.31. The van der Waals surface area contributed by atoms with Crippen molar-refractivity contribution in [2.24, 2.45) is 0 Å². The lowest BCUT2D eigenvalue weighted by atomic mass is 9.79. The lowest BCUT2D eigenvalue weighted by Crippen LogP contribution is -2.41. The van der Waals surface area contributed by atoms with E-state index in [-0.39, 0.29) is 6.04 Å². The predicted molar refractivity (Wildman–Crippen MR) is 115 cm³/mol. The second-order valence-corrected chi connectivity index (χ2v) is 10.3. The first-order chi connectivity index (χ1) is 13.9. The average molecular weight is 416 g/mol. The molecule has 4 rings (SSSR count). The first-order valence-corrected chi connectivity index (χ1v) is 10.7. The molecule has 1 unspecified atom stereocenters. The molecule has 2 saturated heterocycles. The number of aromatic nitrogens is 1. The third-order valence-electron chi connectivity index (χ3n) is 6.28. The van der Waals surface area contributed by atoms with Crippen LogP contribution in [-0.4, -0.2) is 51.9 Å². The summed E-state index contributed by atoms with van der Waals surface area (Å²) in [5.41, 5.74) is 1.16. The minimum atomic E-state index is -0.993. The van der Waals surface area contributed by atoms with Crippen molar-refractivity contribution in [1.29, 1.82) is 0 Å². The van der Waals surface area contributed by atoms with E-state index in [0.717, 1.165) is 30.4 Å². The van der Waals surface area contributed by atoms with Crippen molar-refractivity contribution in [2.75, 3.05) is 6.54 Å². The van der Waals surface area contributed by atoms with Gasteiger partial charge in [0.2, 0.25) is 12.3 Å². The molecule has 2 aromatic rings. The van der Waals surface area contributed by atoms with Gasteiger partial charge >= 0.3 is 7.12 Å². The number of hydrogen-bond acceptors (Lipinski definition) is 7. The highest BCUT2D eigenvalue weighted by Gasteiger charge is 2.51. The maximum Gasteiger partial charge on any atom is 0.494 e. The highest BCUT2D eigenvalue weighted by molar-refractivity contribution is 6.62. The Morgan fingerprint density at radius 2 is 1.87 bits per heavy atom. The number of likely N-dealkylation sites (tertiary alicyclic amines) is 1. The smallest absolute Gasteiger partial charge is 0.439 e. The maximum absolute atomic E-state index is 10.6. The Morgan fingerprint density at radius 3 is 2.50 bits per heavy atom. The first kappa shape index (κ1) is 21.8. The van der Waals surface area contributed by atoms with Crippen molar-refractivity contribution in [3.8, 4) is 0 Å². The Labute approximate surface area is 178 Å². The molecule has 1 aromatic heterocycles. The molecule has 0 saturated carbocycles. The molecular formula is C22H33BN2O5. The van der Waals surface area contributed by atoms with E-state index in [1.54, 1.807) is 0 Å². The van der Waals surface area contributed by atoms with Crippen molar-refractivity contribution >= 4 is 23.7 Å². The number of nitrogens with zero attached hydrogens (tertiary/aromatic N) is 2. The van der Waals surface area contributed by atoms with Crippen LogP contribution in [0.1, 0.15) is 73.2 Å². The van der Waals surface area contributed by atoms with Crippen molar-refractivity contribution < 1.29 is 23.6 Å². The average Bonchev–Trinajstić information content (AvgIpc) is 3.28. The van der Waals surface area contributed by atoms with Crippen LogP contribution in [0.15, 0.2) is 22.6 Å². The Kier molecular flexibility index (Phi) is 5.31. The molecule has 2 atom stereocenters. The molecule has 1 aromatic carbocycles. The Balaban J connectivity index is 1.57. The van der Waals surface area contributed by atoms with Crippen molar-refractivity contribution in [1.82, 2.24) is 9.88 Å². The van der Waals surface area contributed by atoms with Gasteiger partial charge in [0.25, 0.3) is 0 Å². The van der Waals surface area contributed by atoms with E-state index >= 15 is 0 Å². The van der Waals surface area contributed by atoms with Gasteiger partial charge < -0.3 is 23.6 Å². The zero-order chi connectivity index (χ0) is 21.9. The van der Waals surface area contributed by atoms with Gasteiger partial charge in [-0.25, -0.2) is 9.88 Å². The summed E-state index contributed by atoms with van der Waals surface area (Å²) in [6.07, 6.45) is 0.821. The topological polar surface area (TPSA) is 77.2 Å². The van der Waals surface area contributed by atoms with Crippen LogP contribution in [0.5, 0.6) is 0 Å². The highest BCUT2D eigenvalue weighted by atomic mass is 16.7. The van der Waals surface area contributed by atoms with E-state index < -0.39 is 30.3 Å². The van der Waals surface area contributed by atoms with Gasteiger partial charge in [-0.15, -0.1) is 0 Å². The van der Waals surface area contributed by atoms with Crippen molar-refractivity contribution in [2.45, 2.75) is 90.6 Å². The van der Waals surface area contributed by atoms with Gasteiger partial charge in [-0.3, -0.25) is 0 Å². The predicted octanol–water partition coefficient (Wildman–Crippen LogP) is 3.35. The van der Waals surface area contributed by atoms with Crippen LogP contribution < -0.4 is 5.46 Å². The van der Waals surface area contributed by atoms with Gasteiger partial charge in [0.15, 0.2) is 5.58 Å². The molecule has 2 aliphatic rings. The quantitative estimate of drug-likeness (QED) is 0.605. The zero-order valence-corrected chi connectivity index (χ0v) is 19.1. The molecule has 0 aliphatic carbocycles. The molecule has 0 radical (unpaired) electrons. The van der Waals surface area contributed by atoms with Crippen LogP contribution in [0.4, 0.5) is 0 Å². The summed E-state index contributed by atoms with van der Waals surface area (Å²) >= 11 is 0. The number of benzene rings is 1. The van der Waals surface area contributed by atoms with E-state index in [1.165, 1.54) is 0 Å². The molecule has 2 fully saturated rings. The van der Waals surface area contributed by atoms with Crippen LogP contribution in [0, 0.1) is 0 Å². The highest BCUT2D eigenvalue weighted by Crippen LogP contribution is 2.37. The fraction of sp³-hybridized carbons (Fsp3) is 0.682. The first-order valence-electron chi connectivity index (χ1n) is 10.7. The number of hydrogen-bond donors (Lipinski definition) is 1. The Morgan fingerprint density at radius 1 is 1.20 bits per heavy atom. The van der Waals surface area contributed by atoms with Gasteiger partial charge in [-0.05, 0) is 78.9 Å². The van der Waals surface area contributed by atoms with Crippen LogP contribution in [0.3, 0.4) is 0 Å². The molecule has 0 spiro atoms. The summed E-state index contributed by atoms with van der Waals surface area (Å²) in [7, 11) is -0.440. The lowest BCUT2D eigenvalue weighted by molar-refractivity contribution is -0.244. The summed E-state index contributed by atoms with van der Waals surface area (Å²) < 4.78 is 24.1. The monoisotopic (exact) mass is 416 g/mol. The molecule has 1 N–H and O–H groups in total. The summed E-state index contributed by atoms with van der Waals surface area (Å²) in [6, 6.07) is 5.72. The SMILES string of the molecule is CC(C)(C)OC(O)N1CCC[C@H]1c1nc2cc(B3OC(C)(C)C(C)(C)O3)ccc2o1. The molecular weight excluding hydrogens is 383 g/mol. The summed E-state index contributed by atoms with van der Waals surface area (Å²) in [5, 5.41) is 10.6. The molecule has 0 bridgehead atoms. The van der Waals surface area contributed by atoms with E-state index in [2.05, 4.69) is 0 Å². The Bertz CT molecular complexity index is 904. The lowest BCUT2D eigenvalue weighted by Gasteiger charge is -2.32. The van der Waals surface area contributed by atoms with Gasteiger partial charge in [-0.1, -0.05) is 6.07 Å². The van der Waals surface area contributed by atoms with Crippen LogP contribution in [0.25, 0.3) is 11.1 Å². The van der Waals surface area contributed by atoms with E-state index in [4.69, 9.17) is 23.4 Å². The minimum Gasteiger partial charge on any atom is -0.439 e. The number of aliphatic hydroxyl groups excluding tert-OH is 1. The largest absolute Gasteiger partial charge is 0.494 e. The molecule has 8 heteroatoms. The number of fused-ring (bicyclic) bond motifs is 1. The third kappa shape index (κ3) is 4.04. The molecule has 3 heterocycles. The summed E-state index contributed by atoms with van der Waals surface area (Å²) in [4.78, 5) is 6.65. The summed E-state index contributed by atoms with van der Waals surface area (Å²) in [6.45, 7) is 14.7. The second-order valence-electron chi connectivity index (χ2n) is 10.3. The minimum absolute atomic E-state index is 0.116. The molecule has 2 aliphatic heterocycles. The molecule has 30 heavy (non-hydrogen) atoms.